The van der Waals surface area contributed by atoms with Gasteiger partial charge in [0.2, 0.25) is 0 Å². The fourth-order valence-electron chi connectivity index (χ4n) is 1.64. The molecule has 1 aromatic heterocycles. The molecule has 2 rings (SSSR count). The second-order valence-corrected chi connectivity index (χ2v) is 4.25. The van der Waals surface area contributed by atoms with Crippen LogP contribution in [0.1, 0.15) is 23.0 Å². The third kappa shape index (κ3) is 3.28. The first-order chi connectivity index (χ1) is 9.60. The van der Waals surface area contributed by atoms with E-state index in [1.165, 1.54) is 12.1 Å². The zero-order valence-electron chi connectivity index (χ0n) is 11.3. The fourth-order valence-corrected chi connectivity index (χ4v) is 1.64. The quantitative estimate of drug-likeness (QED) is 0.899. The van der Waals surface area contributed by atoms with Gasteiger partial charge in [-0.1, -0.05) is 6.07 Å². The maximum absolute atomic E-state index is 13.2. The number of aryl methyl sites for hydroxylation is 1. The molecule has 0 aliphatic carbocycles. The summed E-state index contributed by atoms with van der Waals surface area (Å²) >= 11 is 0. The first-order valence-electron chi connectivity index (χ1n) is 6.25. The van der Waals surface area contributed by atoms with Crippen molar-refractivity contribution >= 4 is 17.4 Å². The summed E-state index contributed by atoms with van der Waals surface area (Å²) in [7, 11) is 0. The Balaban J connectivity index is 2.13. The molecule has 2 N–H and O–H groups in total. The van der Waals surface area contributed by atoms with E-state index >= 15 is 0 Å². The molecule has 2 aromatic rings. The van der Waals surface area contributed by atoms with Gasteiger partial charge >= 0.3 is 0 Å². The van der Waals surface area contributed by atoms with Crippen molar-refractivity contribution in [3.05, 3.63) is 47.4 Å². The summed E-state index contributed by atoms with van der Waals surface area (Å²) in [6, 6.07) is 7.45. The first kappa shape index (κ1) is 13.9. The number of hydrogen-bond acceptors (Lipinski definition) is 4. The van der Waals surface area contributed by atoms with E-state index in [0.717, 1.165) is 12.1 Å². The number of hydrogen-bond donors (Lipinski definition) is 2. The molecule has 6 heteroatoms. The van der Waals surface area contributed by atoms with Crippen LogP contribution in [-0.2, 0) is 0 Å². The van der Waals surface area contributed by atoms with Gasteiger partial charge in [0, 0.05) is 12.2 Å². The minimum atomic E-state index is -0.422. The van der Waals surface area contributed by atoms with Gasteiger partial charge in [-0.05, 0) is 43.7 Å². The SMILES string of the molecule is CCNc1ccc(C(=O)Nc2cc(F)ccc2C)nn1. The van der Waals surface area contributed by atoms with E-state index in [-0.39, 0.29) is 5.69 Å². The van der Waals surface area contributed by atoms with Gasteiger partial charge < -0.3 is 10.6 Å². The average molecular weight is 274 g/mol. The molecule has 0 saturated heterocycles. The number of amides is 1. The van der Waals surface area contributed by atoms with Crippen LogP contribution in [-0.4, -0.2) is 22.6 Å². The van der Waals surface area contributed by atoms with Gasteiger partial charge in [0.1, 0.15) is 11.6 Å². The second kappa shape index (κ2) is 6.10. The van der Waals surface area contributed by atoms with Gasteiger partial charge in [0.05, 0.1) is 0 Å². The lowest BCUT2D eigenvalue weighted by Crippen LogP contribution is -2.15. The van der Waals surface area contributed by atoms with Crippen LogP contribution in [0.3, 0.4) is 0 Å². The topological polar surface area (TPSA) is 66.9 Å². The number of nitrogens with zero attached hydrogens (tertiary/aromatic N) is 2. The van der Waals surface area contributed by atoms with E-state index in [2.05, 4.69) is 20.8 Å². The lowest BCUT2D eigenvalue weighted by Gasteiger charge is -2.08. The Morgan fingerprint density at radius 1 is 1.25 bits per heavy atom. The van der Waals surface area contributed by atoms with Gasteiger partial charge in [-0.15, -0.1) is 10.2 Å². The van der Waals surface area contributed by atoms with E-state index in [0.29, 0.717) is 11.5 Å². The van der Waals surface area contributed by atoms with Gasteiger partial charge in [-0.3, -0.25) is 4.79 Å². The summed E-state index contributed by atoms with van der Waals surface area (Å²) in [5, 5.41) is 13.3. The summed E-state index contributed by atoms with van der Waals surface area (Å²) in [4.78, 5) is 12.0. The fraction of sp³-hybridized carbons (Fsp3) is 0.214. The normalized spacial score (nSPS) is 10.2. The monoisotopic (exact) mass is 274 g/mol. The van der Waals surface area contributed by atoms with Crippen molar-refractivity contribution in [3.63, 3.8) is 0 Å². The van der Waals surface area contributed by atoms with Crippen LogP contribution in [0.5, 0.6) is 0 Å². The van der Waals surface area contributed by atoms with Crippen LogP contribution in [0, 0.1) is 12.7 Å². The number of nitrogens with one attached hydrogen (secondary N) is 2. The Labute approximate surface area is 116 Å². The molecule has 0 fully saturated rings. The summed E-state index contributed by atoms with van der Waals surface area (Å²) in [6.07, 6.45) is 0. The highest BCUT2D eigenvalue weighted by molar-refractivity contribution is 6.03. The predicted molar refractivity (Wildman–Crippen MR) is 75.3 cm³/mol. The van der Waals surface area contributed by atoms with Crippen molar-refractivity contribution in [2.45, 2.75) is 13.8 Å². The first-order valence-corrected chi connectivity index (χ1v) is 6.25. The Bertz CT molecular complexity index is 613. The van der Waals surface area contributed by atoms with Crippen LogP contribution in [0.15, 0.2) is 30.3 Å². The lowest BCUT2D eigenvalue weighted by molar-refractivity contribution is 0.102. The summed E-state index contributed by atoms with van der Waals surface area (Å²) in [6.45, 7) is 4.45. The van der Waals surface area contributed by atoms with Crippen LogP contribution < -0.4 is 10.6 Å². The van der Waals surface area contributed by atoms with Crippen molar-refractivity contribution < 1.29 is 9.18 Å². The zero-order valence-corrected chi connectivity index (χ0v) is 11.3. The summed E-state index contributed by atoms with van der Waals surface area (Å²) in [5.74, 6) is -0.222. The van der Waals surface area contributed by atoms with E-state index in [4.69, 9.17) is 0 Å². The van der Waals surface area contributed by atoms with Crippen molar-refractivity contribution in [1.29, 1.82) is 0 Å². The Morgan fingerprint density at radius 2 is 2.05 bits per heavy atom. The highest BCUT2D eigenvalue weighted by atomic mass is 19.1. The molecule has 0 saturated carbocycles. The Morgan fingerprint density at radius 3 is 2.70 bits per heavy atom. The lowest BCUT2D eigenvalue weighted by atomic mass is 10.2. The molecule has 0 unspecified atom stereocenters. The molecule has 0 spiro atoms. The zero-order chi connectivity index (χ0) is 14.5. The number of carbonyl (C=O) groups excluding carboxylic acids is 1. The molecule has 0 atom stereocenters. The highest BCUT2D eigenvalue weighted by Crippen LogP contribution is 2.16. The predicted octanol–water partition coefficient (Wildman–Crippen LogP) is 2.61. The highest BCUT2D eigenvalue weighted by Gasteiger charge is 2.10. The van der Waals surface area contributed by atoms with Gasteiger partial charge in [0.15, 0.2) is 5.69 Å². The summed E-state index contributed by atoms with van der Waals surface area (Å²) < 4.78 is 13.2. The number of benzene rings is 1. The molecule has 0 aliphatic heterocycles. The van der Waals surface area contributed by atoms with Gasteiger partial charge in [-0.25, -0.2) is 4.39 Å². The van der Waals surface area contributed by atoms with Crippen molar-refractivity contribution in [3.8, 4) is 0 Å². The number of anilines is 2. The maximum atomic E-state index is 13.2. The van der Waals surface area contributed by atoms with Crippen LogP contribution >= 0.6 is 0 Å². The molecule has 0 radical (unpaired) electrons. The van der Waals surface area contributed by atoms with Crippen molar-refractivity contribution in [1.82, 2.24) is 10.2 Å². The molecule has 0 bridgehead atoms. The number of carbonyl (C=O) groups is 1. The molecule has 5 nitrogen and oxygen atoms in total. The Hall–Kier alpha value is -2.50. The number of rotatable bonds is 4. The van der Waals surface area contributed by atoms with E-state index < -0.39 is 11.7 Å². The van der Waals surface area contributed by atoms with Crippen molar-refractivity contribution in [2.24, 2.45) is 0 Å². The minimum Gasteiger partial charge on any atom is -0.369 e. The van der Waals surface area contributed by atoms with Gasteiger partial charge in [-0.2, -0.15) is 0 Å². The smallest absolute Gasteiger partial charge is 0.276 e. The largest absolute Gasteiger partial charge is 0.369 e. The third-order valence-corrected chi connectivity index (χ3v) is 2.70. The molecule has 1 aromatic carbocycles. The molecular formula is C14H15FN4O. The maximum Gasteiger partial charge on any atom is 0.276 e. The van der Waals surface area contributed by atoms with E-state index in [9.17, 15) is 9.18 Å². The number of aromatic nitrogens is 2. The molecule has 0 aliphatic rings. The van der Waals surface area contributed by atoms with E-state index in [1.807, 2.05) is 6.92 Å². The molecule has 1 heterocycles. The number of halogens is 1. The van der Waals surface area contributed by atoms with Crippen LogP contribution in [0.25, 0.3) is 0 Å². The molecular weight excluding hydrogens is 259 g/mol. The third-order valence-electron chi connectivity index (χ3n) is 2.70. The summed E-state index contributed by atoms with van der Waals surface area (Å²) in [5.41, 5.74) is 1.37. The molecule has 104 valence electrons. The van der Waals surface area contributed by atoms with E-state index in [1.54, 1.807) is 25.1 Å². The average Bonchev–Trinajstić information content (AvgIpc) is 2.44. The minimum absolute atomic E-state index is 0.176. The molecule has 20 heavy (non-hydrogen) atoms. The molecule has 1 amide bonds. The van der Waals surface area contributed by atoms with Gasteiger partial charge in [0.25, 0.3) is 5.91 Å². The second-order valence-electron chi connectivity index (χ2n) is 4.25. The Kier molecular flexibility index (Phi) is 4.24. The van der Waals surface area contributed by atoms with Crippen LogP contribution in [0.4, 0.5) is 15.9 Å². The standard InChI is InChI=1S/C14H15FN4O/c1-3-16-13-7-6-11(18-19-13)14(20)17-12-8-10(15)5-4-9(12)2/h4-8H,3H2,1-2H3,(H,16,19)(H,17,20). The van der Waals surface area contributed by atoms with Crippen molar-refractivity contribution in [2.75, 3.05) is 17.2 Å². The van der Waals surface area contributed by atoms with Crippen LogP contribution in [0.2, 0.25) is 0 Å².